The smallest absolute Gasteiger partial charge is 0.263 e. The molecule has 1 saturated carbocycles. The number of thiophene rings is 1. The highest BCUT2D eigenvalue weighted by Crippen LogP contribution is 2.29. The topological polar surface area (TPSA) is 68.5 Å². The third kappa shape index (κ3) is 3.67. The molecule has 6 nitrogen and oxygen atoms in total. The van der Waals surface area contributed by atoms with Crippen LogP contribution in [0.5, 0.6) is 0 Å². The number of hydrogen-bond acceptors (Lipinski definition) is 6. The SMILES string of the molecule is O=C(c1cccs1)N1CCC(c2nc(CCOCC3CC3)no2)C1. The van der Waals surface area contributed by atoms with Crippen molar-refractivity contribution in [3.05, 3.63) is 34.1 Å². The van der Waals surface area contributed by atoms with Gasteiger partial charge in [0, 0.05) is 26.1 Å². The molecule has 1 aliphatic carbocycles. The number of amides is 1. The van der Waals surface area contributed by atoms with Crippen molar-refractivity contribution in [2.24, 2.45) is 5.92 Å². The summed E-state index contributed by atoms with van der Waals surface area (Å²) < 4.78 is 11.0. The van der Waals surface area contributed by atoms with Gasteiger partial charge in [-0.15, -0.1) is 11.3 Å². The van der Waals surface area contributed by atoms with Crippen molar-refractivity contribution in [3.63, 3.8) is 0 Å². The van der Waals surface area contributed by atoms with Crippen LogP contribution in [0.4, 0.5) is 0 Å². The van der Waals surface area contributed by atoms with Gasteiger partial charge >= 0.3 is 0 Å². The Kier molecular flexibility index (Phi) is 4.62. The third-order valence-corrected chi connectivity index (χ3v) is 5.42. The van der Waals surface area contributed by atoms with Crippen molar-refractivity contribution in [2.75, 3.05) is 26.3 Å². The van der Waals surface area contributed by atoms with Gasteiger partial charge in [-0.2, -0.15) is 4.98 Å². The van der Waals surface area contributed by atoms with Crippen molar-refractivity contribution >= 4 is 17.2 Å². The predicted molar refractivity (Wildman–Crippen MR) is 89.1 cm³/mol. The molecule has 0 aromatic carbocycles. The summed E-state index contributed by atoms with van der Waals surface area (Å²) in [6.07, 6.45) is 4.15. The van der Waals surface area contributed by atoms with Gasteiger partial charge in [-0.25, -0.2) is 0 Å². The van der Waals surface area contributed by atoms with E-state index >= 15 is 0 Å². The van der Waals surface area contributed by atoms with Gasteiger partial charge in [-0.05, 0) is 36.6 Å². The molecule has 2 aliphatic rings. The normalized spacial score (nSPS) is 20.7. The molecule has 128 valence electrons. The Morgan fingerprint density at radius 1 is 1.42 bits per heavy atom. The maximum Gasteiger partial charge on any atom is 0.263 e. The highest BCUT2D eigenvalue weighted by atomic mass is 32.1. The molecule has 1 aliphatic heterocycles. The van der Waals surface area contributed by atoms with Crippen LogP contribution in [0.3, 0.4) is 0 Å². The van der Waals surface area contributed by atoms with Crippen LogP contribution in [0.15, 0.2) is 22.0 Å². The van der Waals surface area contributed by atoms with Crippen LogP contribution in [-0.4, -0.2) is 47.3 Å². The Bertz CT molecular complexity index is 681. The van der Waals surface area contributed by atoms with E-state index in [1.807, 2.05) is 22.4 Å². The van der Waals surface area contributed by atoms with Gasteiger partial charge in [0.25, 0.3) is 5.91 Å². The van der Waals surface area contributed by atoms with Crippen LogP contribution < -0.4 is 0 Å². The molecule has 7 heteroatoms. The lowest BCUT2D eigenvalue weighted by Gasteiger charge is -2.14. The van der Waals surface area contributed by atoms with Gasteiger partial charge in [-0.3, -0.25) is 4.79 Å². The lowest BCUT2D eigenvalue weighted by Crippen LogP contribution is -2.27. The van der Waals surface area contributed by atoms with E-state index in [0.717, 1.165) is 30.4 Å². The average molecular weight is 347 g/mol. The van der Waals surface area contributed by atoms with Crippen molar-refractivity contribution < 1.29 is 14.1 Å². The monoisotopic (exact) mass is 347 g/mol. The molecule has 1 atom stereocenters. The zero-order valence-corrected chi connectivity index (χ0v) is 14.3. The Labute approximate surface area is 144 Å². The van der Waals surface area contributed by atoms with Crippen LogP contribution in [0.1, 0.15) is 46.6 Å². The van der Waals surface area contributed by atoms with Gasteiger partial charge in [0.05, 0.1) is 17.4 Å². The zero-order chi connectivity index (χ0) is 16.4. The molecule has 0 N–H and O–H groups in total. The van der Waals surface area contributed by atoms with E-state index in [9.17, 15) is 4.79 Å². The molecule has 2 aromatic heterocycles. The van der Waals surface area contributed by atoms with Crippen LogP contribution >= 0.6 is 11.3 Å². The molecule has 0 radical (unpaired) electrons. The van der Waals surface area contributed by atoms with Crippen molar-refractivity contribution in [1.29, 1.82) is 0 Å². The van der Waals surface area contributed by atoms with Crippen LogP contribution in [0.25, 0.3) is 0 Å². The zero-order valence-electron chi connectivity index (χ0n) is 13.5. The largest absolute Gasteiger partial charge is 0.381 e. The molecule has 1 amide bonds. The molecule has 0 spiro atoms. The van der Waals surface area contributed by atoms with Crippen molar-refractivity contribution in [1.82, 2.24) is 15.0 Å². The van der Waals surface area contributed by atoms with Crippen LogP contribution in [0.2, 0.25) is 0 Å². The molecular formula is C17H21N3O3S. The standard InChI is InChI=1S/C17H21N3O3S/c21-17(14-2-1-9-24-14)20-7-5-13(10-20)16-18-15(19-23-16)6-8-22-11-12-3-4-12/h1-2,9,12-13H,3-8,10-11H2. The highest BCUT2D eigenvalue weighted by molar-refractivity contribution is 7.12. The number of likely N-dealkylation sites (tertiary alicyclic amines) is 1. The summed E-state index contributed by atoms with van der Waals surface area (Å²) in [6.45, 7) is 2.89. The lowest BCUT2D eigenvalue weighted by molar-refractivity contribution is 0.0794. The van der Waals surface area contributed by atoms with Gasteiger partial charge < -0.3 is 14.2 Å². The summed E-state index contributed by atoms with van der Waals surface area (Å²) in [6, 6.07) is 3.77. The van der Waals surface area contributed by atoms with E-state index in [1.165, 1.54) is 24.2 Å². The third-order valence-electron chi connectivity index (χ3n) is 4.56. The molecule has 1 unspecified atom stereocenters. The number of rotatable bonds is 7. The molecule has 3 heterocycles. The minimum Gasteiger partial charge on any atom is -0.381 e. The minimum atomic E-state index is 0.0979. The van der Waals surface area contributed by atoms with Crippen LogP contribution in [0, 0.1) is 5.92 Å². The van der Waals surface area contributed by atoms with Gasteiger partial charge in [0.2, 0.25) is 5.89 Å². The fourth-order valence-electron chi connectivity index (χ4n) is 2.94. The van der Waals surface area contributed by atoms with E-state index in [-0.39, 0.29) is 11.8 Å². The van der Waals surface area contributed by atoms with E-state index in [1.54, 1.807) is 0 Å². The average Bonchev–Trinajstić information content (AvgIpc) is 3.07. The summed E-state index contributed by atoms with van der Waals surface area (Å²) in [5, 5.41) is 5.97. The second kappa shape index (κ2) is 7.03. The van der Waals surface area contributed by atoms with Crippen molar-refractivity contribution in [3.8, 4) is 0 Å². The predicted octanol–water partition coefficient (Wildman–Crippen LogP) is 2.73. The maximum absolute atomic E-state index is 12.4. The fourth-order valence-corrected chi connectivity index (χ4v) is 3.63. The Hall–Kier alpha value is -1.73. The molecule has 24 heavy (non-hydrogen) atoms. The fraction of sp³-hybridized carbons (Fsp3) is 0.588. The summed E-state index contributed by atoms with van der Waals surface area (Å²) >= 11 is 1.48. The van der Waals surface area contributed by atoms with Gasteiger partial charge in [0.1, 0.15) is 0 Å². The quantitative estimate of drug-likeness (QED) is 0.721. The van der Waals surface area contributed by atoms with E-state index in [2.05, 4.69) is 10.1 Å². The van der Waals surface area contributed by atoms with Crippen LogP contribution in [-0.2, 0) is 11.2 Å². The summed E-state index contributed by atoms with van der Waals surface area (Å²) in [7, 11) is 0. The summed E-state index contributed by atoms with van der Waals surface area (Å²) in [5.41, 5.74) is 0. The van der Waals surface area contributed by atoms with Crippen molar-refractivity contribution in [2.45, 2.75) is 31.6 Å². The highest BCUT2D eigenvalue weighted by Gasteiger charge is 2.31. The van der Waals surface area contributed by atoms with E-state index < -0.39 is 0 Å². The summed E-state index contributed by atoms with van der Waals surface area (Å²) in [5.74, 6) is 2.36. The number of carbonyl (C=O) groups excluding carboxylic acids is 1. The second-order valence-corrected chi connectivity index (χ2v) is 7.48. The molecular weight excluding hydrogens is 326 g/mol. The van der Waals surface area contributed by atoms with Gasteiger partial charge in [-0.1, -0.05) is 11.2 Å². The first kappa shape index (κ1) is 15.8. The second-order valence-electron chi connectivity index (χ2n) is 6.53. The van der Waals surface area contributed by atoms with E-state index in [4.69, 9.17) is 9.26 Å². The summed E-state index contributed by atoms with van der Waals surface area (Å²) in [4.78, 5) is 19.5. The van der Waals surface area contributed by atoms with E-state index in [0.29, 0.717) is 31.3 Å². The Balaban J connectivity index is 1.28. The number of ether oxygens (including phenoxy) is 1. The Morgan fingerprint density at radius 2 is 2.33 bits per heavy atom. The maximum atomic E-state index is 12.4. The number of aromatic nitrogens is 2. The molecule has 0 bridgehead atoms. The number of hydrogen-bond donors (Lipinski definition) is 0. The first-order valence-electron chi connectivity index (χ1n) is 8.52. The number of carbonyl (C=O) groups is 1. The first-order valence-corrected chi connectivity index (χ1v) is 9.40. The molecule has 2 fully saturated rings. The van der Waals surface area contributed by atoms with Gasteiger partial charge in [0.15, 0.2) is 5.82 Å². The number of nitrogens with zero attached hydrogens (tertiary/aromatic N) is 3. The molecule has 1 saturated heterocycles. The lowest BCUT2D eigenvalue weighted by atomic mass is 10.1. The molecule has 2 aromatic rings. The minimum absolute atomic E-state index is 0.0979. The molecule has 4 rings (SSSR count). The Morgan fingerprint density at radius 3 is 3.12 bits per heavy atom. The first-order chi connectivity index (χ1) is 11.8.